The molecule has 0 atom stereocenters. The van der Waals surface area contributed by atoms with E-state index in [4.69, 9.17) is 12.2 Å². The third-order valence-electron chi connectivity index (χ3n) is 3.07. The lowest BCUT2D eigenvalue weighted by Crippen LogP contribution is -2.47. The Hall–Kier alpha value is -1.09. The Morgan fingerprint density at radius 3 is 2.44 bits per heavy atom. The maximum atomic E-state index is 5.31. The molecule has 2 N–H and O–H groups in total. The highest BCUT2D eigenvalue weighted by molar-refractivity contribution is 7.80. The smallest absolute Gasteiger partial charge is 0.171 e. The van der Waals surface area contributed by atoms with Crippen molar-refractivity contribution in [2.45, 2.75) is 32.2 Å². The second kappa shape index (κ2) is 4.42. The van der Waals surface area contributed by atoms with E-state index < -0.39 is 0 Å². The Balaban J connectivity index is 1.89. The highest BCUT2D eigenvalue weighted by Gasteiger charge is 2.38. The zero-order valence-corrected chi connectivity index (χ0v) is 10.6. The second-order valence-corrected chi connectivity index (χ2v) is 5.35. The molecule has 0 bridgehead atoms. The van der Waals surface area contributed by atoms with Crippen molar-refractivity contribution in [3.8, 4) is 0 Å². The van der Waals surface area contributed by atoms with Crippen LogP contribution in [0.4, 0.5) is 5.69 Å². The fourth-order valence-electron chi connectivity index (χ4n) is 1.88. The molecule has 0 saturated heterocycles. The Morgan fingerprint density at radius 2 is 1.88 bits per heavy atom. The lowest BCUT2D eigenvalue weighted by atomic mass is 9.99. The summed E-state index contributed by atoms with van der Waals surface area (Å²) in [5, 5.41) is 7.30. The molecule has 0 unspecified atom stereocenters. The van der Waals surface area contributed by atoms with Gasteiger partial charge in [-0.3, -0.25) is 0 Å². The van der Waals surface area contributed by atoms with Gasteiger partial charge in [-0.2, -0.15) is 0 Å². The van der Waals surface area contributed by atoms with Crippen LogP contribution < -0.4 is 10.6 Å². The molecule has 2 rings (SSSR count). The maximum absolute atomic E-state index is 5.31. The van der Waals surface area contributed by atoms with Crippen LogP contribution in [0.3, 0.4) is 0 Å². The van der Waals surface area contributed by atoms with Crippen molar-refractivity contribution in [2.75, 3.05) is 5.32 Å². The lowest BCUT2D eigenvalue weighted by Gasteiger charge is -2.28. The minimum absolute atomic E-state index is 0.110. The van der Waals surface area contributed by atoms with Gasteiger partial charge in [0.25, 0.3) is 0 Å². The van der Waals surface area contributed by atoms with E-state index in [2.05, 4.69) is 24.5 Å². The van der Waals surface area contributed by atoms with E-state index in [9.17, 15) is 0 Å². The van der Waals surface area contributed by atoms with Gasteiger partial charge in [0.05, 0.1) is 0 Å². The third-order valence-corrected chi connectivity index (χ3v) is 3.27. The van der Waals surface area contributed by atoms with Crippen molar-refractivity contribution in [3.05, 3.63) is 30.3 Å². The predicted octanol–water partition coefficient (Wildman–Crippen LogP) is 3.16. The number of hydrogen-bond acceptors (Lipinski definition) is 1. The number of anilines is 1. The van der Waals surface area contributed by atoms with E-state index in [1.807, 2.05) is 30.3 Å². The van der Waals surface area contributed by atoms with Crippen LogP contribution in [0, 0.1) is 5.92 Å². The SMILES string of the molecule is CC(C)(NC(=S)Nc1ccccc1)C1CC1. The molecule has 1 aliphatic rings. The largest absolute Gasteiger partial charge is 0.357 e. The minimum atomic E-state index is 0.110. The third kappa shape index (κ3) is 2.95. The van der Waals surface area contributed by atoms with Gasteiger partial charge in [-0.05, 0) is 57.0 Å². The van der Waals surface area contributed by atoms with Gasteiger partial charge < -0.3 is 10.6 Å². The lowest BCUT2D eigenvalue weighted by molar-refractivity contribution is 0.404. The van der Waals surface area contributed by atoms with E-state index in [1.165, 1.54) is 12.8 Å². The van der Waals surface area contributed by atoms with E-state index in [0.29, 0.717) is 5.11 Å². The van der Waals surface area contributed by atoms with Crippen LogP contribution in [0.5, 0.6) is 0 Å². The van der Waals surface area contributed by atoms with E-state index in [1.54, 1.807) is 0 Å². The Labute approximate surface area is 102 Å². The molecule has 0 heterocycles. The average Bonchev–Trinajstić information content (AvgIpc) is 3.01. The summed E-state index contributed by atoms with van der Waals surface area (Å²) >= 11 is 5.31. The normalized spacial score (nSPS) is 15.6. The number of thiocarbonyl (C=S) groups is 1. The molecule has 1 aliphatic carbocycles. The zero-order chi connectivity index (χ0) is 11.6. The highest BCUT2D eigenvalue weighted by atomic mass is 32.1. The summed E-state index contributed by atoms with van der Waals surface area (Å²) < 4.78 is 0. The molecule has 3 heteroatoms. The molecule has 0 aromatic heterocycles. The number of rotatable bonds is 3. The van der Waals surface area contributed by atoms with Gasteiger partial charge >= 0.3 is 0 Å². The van der Waals surface area contributed by atoms with Crippen LogP contribution in [0.25, 0.3) is 0 Å². The molecular weight excluding hydrogens is 216 g/mol. The molecule has 1 saturated carbocycles. The second-order valence-electron chi connectivity index (χ2n) is 4.94. The molecule has 86 valence electrons. The highest BCUT2D eigenvalue weighted by Crippen LogP contribution is 2.39. The van der Waals surface area contributed by atoms with E-state index >= 15 is 0 Å². The van der Waals surface area contributed by atoms with Crippen molar-refractivity contribution in [1.29, 1.82) is 0 Å². The first-order chi connectivity index (χ1) is 7.58. The standard InChI is InChI=1S/C13H18N2S/c1-13(2,10-8-9-10)15-12(16)14-11-6-4-3-5-7-11/h3-7,10H,8-9H2,1-2H3,(H2,14,15,16). The summed E-state index contributed by atoms with van der Waals surface area (Å²) in [6.45, 7) is 4.42. The van der Waals surface area contributed by atoms with Crippen LogP contribution in [-0.2, 0) is 0 Å². The number of nitrogens with one attached hydrogen (secondary N) is 2. The summed E-state index contributed by atoms with van der Waals surface area (Å²) in [7, 11) is 0. The van der Waals surface area contributed by atoms with Crippen LogP contribution in [0.15, 0.2) is 30.3 Å². The molecular formula is C13H18N2S. The van der Waals surface area contributed by atoms with Crippen LogP contribution in [0.1, 0.15) is 26.7 Å². The van der Waals surface area contributed by atoms with Gasteiger partial charge in [-0.1, -0.05) is 18.2 Å². The summed E-state index contributed by atoms with van der Waals surface area (Å²) in [4.78, 5) is 0. The van der Waals surface area contributed by atoms with Gasteiger partial charge in [0.2, 0.25) is 0 Å². The van der Waals surface area contributed by atoms with Gasteiger partial charge in [-0.25, -0.2) is 0 Å². The van der Waals surface area contributed by atoms with Gasteiger partial charge in [-0.15, -0.1) is 0 Å². The molecule has 2 nitrogen and oxygen atoms in total. The molecule has 1 aromatic rings. The van der Waals surface area contributed by atoms with E-state index in [0.717, 1.165) is 11.6 Å². The Morgan fingerprint density at radius 1 is 1.25 bits per heavy atom. The van der Waals surface area contributed by atoms with Gasteiger partial charge in [0.1, 0.15) is 0 Å². The monoisotopic (exact) mass is 234 g/mol. The molecule has 0 amide bonds. The minimum Gasteiger partial charge on any atom is -0.357 e. The topological polar surface area (TPSA) is 24.1 Å². The molecule has 0 aliphatic heterocycles. The Kier molecular flexibility index (Phi) is 3.15. The Bertz CT molecular complexity index is 369. The predicted molar refractivity (Wildman–Crippen MR) is 72.6 cm³/mol. The number of para-hydroxylation sites is 1. The van der Waals surface area contributed by atoms with Gasteiger partial charge in [0, 0.05) is 11.2 Å². The summed E-state index contributed by atoms with van der Waals surface area (Å²) in [5.74, 6) is 0.767. The first kappa shape index (κ1) is 11.4. The fourth-order valence-corrected chi connectivity index (χ4v) is 2.26. The van der Waals surface area contributed by atoms with Crippen molar-refractivity contribution in [2.24, 2.45) is 5.92 Å². The van der Waals surface area contributed by atoms with Gasteiger partial charge in [0.15, 0.2) is 5.11 Å². The molecule has 1 aromatic carbocycles. The zero-order valence-electron chi connectivity index (χ0n) is 9.79. The molecule has 0 spiro atoms. The van der Waals surface area contributed by atoms with E-state index in [-0.39, 0.29) is 5.54 Å². The molecule has 1 fully saturated rings. The number of benzene rings is 1. The van der Waals surface area contributed by atoms with Crippen molar-refractivity contribution in [1.82, 2.24) is 5.32 Å². The fraction of sp³-hybridized carbons (Fsp3) is 0.462. The first-order valence-electron chi connectivity index (χ1n) is 5.72. The number of hydrogen-bond donors (Lipinski definition) is 2. The quantitative estimate of drug-likeness (QED) is 0.786. The summed E-state index contributed by atoms with van der Waals surface area (Å²) in [6.07, 6.45) is 2.63. The molecule has 0 radical (unpaired) electrons. The van der Waals surface area contributed by atoms with Crippen molar-refractivity contribution in [3.63, 3.8) is 0 Å². The van der Waals surface area contributed by atoms with Crippen molar-refractivity contribution < 1.29 is 0 Å². The van der Waals surface area contributed by atoms with Crippen LogP contribution in [0.2, 0.25) is 0 Å². The van der Waals surface area contributed by atoms with Crippen molar-refractivity contribution >= 4 is 23.0 Å². The molecule has 16 heavy (non-hydrogen) atoms. The summed E-state index contributed by atoms with van der Waals surface area (Å²) in [5.41, 5.74) is 1.14. The average molecular weight is 234 g/mol. The maximum Gasteiger partial charge on any atom is 0.171 e. The van der Waals surface area contributed by atoms with Crippen LogP contribution >= 0.6 is 12.2 Å². The first-order valence-corrected chi connectivity index (χ1v) is 6.13. The van der Waals surface area contributed by atoms with Crippen LogP contribution in [-0.4, -0.2) is 10.7 Å². The summed E-state index contributed by atoms with van der Waals surface area (Å²) in [6, 6.07) is 10.0.